The van der Waals surface area contributed by atoms with E-state index in [1.54, 1.807) is 0 Å². The average molecular weight is 136 g/mol. The number of hydrogen-bond acceptors (Lipinski definition) is 0. The van der Waals surface area contributed by atoms with E-state index in [1.165, 1.54) is 0 Å². The Labute approximate surface area is 67.7 Å². The van der Waals surface area contributed by atoms with Gasteiger partial charge in [0.05, 0.1) is 8.41 Å². The second-order valence-corrected chi connectivity index (χ2v) is 0. The first-order chi connectivity index (χ1) is 0. The van der Waals surface area contributed by atoms with Crippen molar-refractivity contribution in [3.63, 3.8) is 0 Å². The third-order valence-electron chi connectivity index (χ3n) is 0. The van der Waals surface area contributed by atoms with Crippen molar-refractivity contribution >= 4 is 48.8 Å². The molecule has 0 aliphatic rings. The molecular formula is H8AlBMgZn. The Bertz CT molecular complexity index is 8.00. The molecule has 18 valence electrons. The van der Waals surface area contributed by atoms with Gasteiger partial charge in [-0.25, -0.2) is 0 Å². The van der Waals surface area contributed by atoms with Gasteiger partial charge in [-0.15, -0.1) is 0 Å². The summed E-state index contributed by atoms with van der Waals surface area (Å²) in [6.45, 7) is 0. The van der Waals surface area contributed by atoms with E-state index < -0.39 is 0 Å². The molecule has 0 saturated carbocycles. The molecule has 0 atom stereocenters. The fourth-order valence-corrected chi connectivity index (χ4v) is 0. The van der Waals surface area contributed by atoms with Crippen LogP contribution in [0.25, 0.3) is 0 Å². The van der Waals surface area contributed by atoms with Gasteiger partial charge in [0.2, 0.25) is 0 Å². The molecule has 0 aromatic heterocycles. The molecule has 0 N–H and O–H groups in total. The van der Waals surface area contributed by atoms with Crippen LogP contribution in [0.15, 0.2) is 0 Å². The second kappa shape index (κ2) is 20.1. The van der Waals surface area contributed by atoms with E-state index in [9.17, 15) is 0 Å². The summed E-state index contributed by atoms with van der Waals surface area (Å²) >= 11 is 0. The van der Waals surface area contributed by atoms with Crippen molar-refractivity contribution in [1.29, 1.82) is 0 Å². The summed E-state index contributed by atoms with van der Waals surface area (Å²) in [5, 5.41) is 0. The van der Waals surface area contributed by atoms with Gasteiger partial charge in [0, 0.05) is 19.5 Å². The second-order valence-electron chi connectivity index (χ2n) is 0. The Balaban J connectivity index is 0. The minimum absolute atomic E-state index is 0. The monoisotopic (exact) mass is 134 g/mol. The Kier molecular flexibility index (Phi) is 189. The van der Waals surface area contributed by atoms with Crippen molar-refractivity contribution in [2.24, 2.45) is 0 Å². The molecule has 0 bridgehead atoms. The maximum absolute atomic E-state index is 0. The van der Waals surface area contributed by atoms with Gasteiger partial charge in [-0.05, 0) is 0 Å². The fraction of sp³-hybridized carbons (Fsp3) is 0. The van der Waals surface area contributed by atoms with Crippen molar-refractivity contribution in [1.82, 2.24) is 0 Å². The van der Waals surface area contributed by atoms with Crippen LogP contribution in [-0.2, 0) is 19.5 Å². The van der Waals surface area contributed by atoms with E-state index in [0.29, 0.717) is 0 Å². The summed E-state index contributed by atoms with van der Waals surface area (Å²) in [4.78, 5) is 0. The molecule has 0 unspecified atom stereocenters. The maximum atomic E-state index is 0. The molecule has 0 fully saturated rings. The zero-order valence-electron chi connectivity index (χ0n) is 0.707. The molecule has 0 rings (SSSR count). The topological polar surface area (TPSA) is 0 Å². The van der Waals surface area contributed by atoms with Gasteiger partial charge < -0.3 is 0 Å². The normalized spacial score (nSPS) is 0. The summed E-state index contributed by atoms with van der Waals surface area (Å²) < 4.78 is 0. The molecule has 0 saturated heterocycles. The zero-order chi connectivity index (χ0) is 0. The minimum Gasteiger partial charge on any atom is 0 e. The van der Waals surface area contributed by atoms with Crippen LogP contribution in [0, 0.1) is 0 Å². The summed E-state index contributed by atoms with van der Waals surface area (Å²) in [6, 6.07) is 0. The summed E-state index contributed by atoms with van der Waals surface area (Å²) in [6.07, 6.45) is 0. The largest absolute Gasteiger partial charge is 0.316 e. The van der Waals surface area contributed by atoms with Gasteiger partial charge in [-0.3, -0.25) is 0 Å². The van der Waals surface area contributed by atoms with E-state index in [0.717, 1.165) is 0 Å². The maximum Gasteiger partial charge on any atom is 0.316 e. The minimum atomic E-state index is 0. The van der Waals surface area contributed by atoms with Gasteiger partial charge >= 0.3 is 23.1 Å². The number of hydrogen-bond donors (Lipinski definition) is 0. The molecule has 0 aromatic carbocycles. The molecule has 0 radical (unpaired) electrons. The summed E-state index contributed by atoms with van der Waals surface area (Å²) in [5.41, 5.74) is 0. The molecule has 0 spiro atoms. The SMILES string of the molecule is B.[AlH3].[MgH2].[Zn]. The molecular weight excluding hydrogens is 127 g/mol. The third-order valence-corrected chi connectivity index (χ3v) is 0. The van der Waals surface area contributed by atoms with Crippen LogP contribution in [0.4, 0.5) is 0 Å². The molecule has 4 heavy (non-hydrogen) atoms. The van der Waals surface area contributed by atoms with E-state index in [4.69, 9.17) is 0 Å². The van der Waals surface area contributed by atoms with Crippen LogP contribution >= 0.6 is 0 Å². The van der Waals surface area contributed by atoms with Gasteiger partial charge in [-0.2, -0.15) is 0 Å². The fourth-order valence-electron chi connectivity index (χ4n) is 0. The zero-order valence-corrected chi connectivity index (χ0v) is 3.67. The predicted molar refractivity (Wildman–Crippen MR) is 28.4 cm³/mol. The van der Waals surface area contributed by atoms with Crippen LogP contribution in [0.5, 0.6) is 0 Å². The van der Waals surface area contributed by atoms with Gasteiger partial charge in [-0.1, -0.05) is 0 Å². The molecule has 4 heteroatoms. The smallest absolute Gasteiger partial charge is 0 e. The van der Waals surface area contributed by atoms with Crippen molar-refractivity contribution in [2.45, 2.75) is 0 Å². The van der Waals surface area contributed by atoms with Crippen molar-refractivity contribution in [3.8, 4) is 0 Å². The predicted octanol–water partition coefficient (Wildman–Crippen LogP) is -3.29. The van der Waals surface area contributed by atoms with Crippen LogP contribution in [0.1, 0.15) is 0 Å². The van der Waals surface area contributed by atoms with Crippen LogP contribution in [0.3, 0.4) is 0 Å². The van der Waals surface area contributed by atoms with Crippen molar-refractivity contribution < 1.29 is 19.5 Å². The first kappa shape index (κ1) is 37.7. The van der Waals surface area contributed by atoms with E-state index >= 15 is 0 Å². The number of rotatable bonds is 0. The van der Waals surface area contributed by atoms with Crippen LogP contribution in [0.2, 0.25) is 0 Å². The van der Waals surface area contributed by atoms with Gasteiger partial charge in [0.15, 0.2) is 17.4 Å². The Morgan fingerprint density at radius 2 is 1.00 bits per heavy atom. The first-order valence-electron chi connectivity index (χ1n) is 0. The molecule has 0 aliphatic heterocycles. The van der Waals surface area contributed by atoms with E-state index in [2.05, 4.69) is 0 Å². The Morgan fingerprint density at radius 3 is 1.00 bits per heavy atom. The standard InChI is InChI=1S/Al.BH3.Mg.Zn.5H/h;1H3;;;;;;;. The molecule has 0 nitrogen and oxygen atoms in total. The average Bonchev–Trinajstić information content (AvgIpc) is 0. The third kappa shape index (κ3) is 9.01. The molecule has 0 aliphatic carbocycles. The van der Waals surface area contributed by atoms with Crippen LogP contribution in [-0.4, -0.2) is 48.8 Å². The summed E-state index contributed by atoms with van der Waals surface area (Å²) in [7, 11) is 0. The van der Waals surface area contributed by atoms with E-state index in [-0.39, 0.29) is 68.3 Å². The van der Waals surface area contributed by atoms with E-state index in [1.807, 2.05) is 0 Å². The van der Waals surface area contributed by atoms with Crippen molar-refractivity contribution in [3.05, 3.63) is 0 Å². The molecule has 0 heterocycles. The molecule has 0 aromatic rings. The van der Waals surface area contributed by atoms with Crippen molar-refractivity contribution in [2.75, 3.05) is 0 Å². The Morgan fingerprint density at radius 1 is 1.00 bits per heavy atom. The Hall–Kier alpha value is 1.99. The van der Waals surface area contributed by atoms with Gasteiger partial charge in [0.1, 0.15) is 0 Å². The molecule has 0 amide bonds. The summed E-state index contributed by atoms with van der Waals surface area (Å²) in [5.74, 6) is 0. The van der Waals surface area contributed by atoms with Gasteiger partial charge in [0.25, 0.3) is 0 Å². The first-order valence-corrected chi connectivity index (χ1v) is 0. The van der Waals surface area contributed by atoms with Crippen LogP contribution < -0.4 is 0 Å². The quantitative estimate of drug-likeness (QED) is 0.306.